The topological polar surface area (TPSA) is 26.3 Å². The van der Waals surface area contributed by atoms with Crippen molar-refractivity contribution in [1.82, 2.24) is 0 Å². The molecule has 0 amide bonds. The molecular weight excluding hydrogens is 164 g/mol. The lowest BCUT2D eigenvalue weighted by atomic mass is 10.1. The Balaban J connectivity index is 4.91. The van der Waals surface area contributed by atoms with Gasteiger partial charge in [-0.1, -0.05) is 25.3 Å². The lowest BCUT2D eigenvalue weighted by Gasteiger charge is -2.06. The van der Waals surface area contributed by atoms with E-state index in [1.54, 1.807) is 25.2 Å². The van der Waals surface area contributed by atoms with Crippen LogP contribution in [0.25, 0.3) is 0 Å². The van der Waals surface area contributed by atoms with Crippen molar-refractivity contribution in [2.75, 3.05) is 0 Å². The van der Waals surface area contributed by atoms with E-state index < -0.39 is 0 Å². The van der Waals surface area contributed by atoms with E-state index in [9.17, 15) is 4.79 Å². The number of rotatable bonds is 5. The van der Waals surface area contributed by atoms with Crippen LogP contribution in [0.4, 0.5) is 0 Å². The number of hydrogen-bond donors (Lipinski definition) is 0. The minimum Gasteiger partial charge on any atom is -0.465 e. The van der Waals surface area contributed by atoms with Crippen LogP contribution in [0, 0.1) is 0 Å². The zero-order valence-corrected chi connectivity index (χ0v) is 8.04. The van der Waals surface area contributed by atoms with E-state index in [-0.39, 0.29) is 5.78 Å². The third-order valence-corrected chi connectivity index (χ3v) is 1.41. The van der Waals surface area contributed by atoms with E-state index in [4.69, 9.17) is 4.74 Å². The summed E-state index contributed by atoms with van der Waals surface area (Å²) in [4.78, 5) is 11.1. The number of Topliss-reactive ketones (excluding diaryl/α,β-unsaturated/α-hetero) is 1. The summed E-state index contributed by atoms with van der Waals surface area (Å²) < 4.78 is 5.06. The lowest BCUT2D eigenvalue weighted by molar-refractivity contribution is -0.113. The Hall–Kier alpha value is -1.57. The predicted octanol–water partition coefficient (Wildman–Crippen LogP) is 2.75. The molecule has 0 rings (SSSR count). The Kier molecular flexibility index (Phi) is 5.28. The summed E-state index contributed by atoms with van der Waals surface area (Å²) in [6.07, 6.45) is 6.16. The Morgan fingerprint density at radius 1 is 1.38 bits per heavy atom. The summed E-state index contributed by atoms with van der Waals surface area (Å²) in [7, 11) is 0. The molecule has 70 valence electrons. The second-order valence-electron chi connectivity index (χ2n) is 2.31. The van der Waals surface area contributed by atoms with Crippen LogP contribution in [0.15, 0.2) is 49.0 Å². The summed E-state index contributed by atoms with van der Waals surface area (Å²) >= 11 is 0. The Labute approximate surface area is 78.9 Å². The predicted molar refractivity (Wildman–Crippen MR) is 54.0 cm³/mol. The van der Waals surface area contributed by atoms with Crippen molar-refractivity contribution in [2.24, 2.45) is 0 Å². The summed E-state index contributed by atoms with van der Waals surface area (Å²) in [6, 6.07) is 0. The Morgan fingerprint density at radius 3 is 2.31 bits per heavy atom. The maximum Gasteiger partial charge on any atom is 0.163 e. The zero-order chi connectivity index (χ0) is 10.3. The summed E-state index contributed by atoms with van der Waals surface area (Å²) in [6.45, 7) is 10.2. The van der Waals surface area contributed by atoms with E-state index in [1.165, 1.54) is 13.2 Å². The van der Waals surface area contributed by atoms with Gasteiger partial charge in [0, 0.05) is 0 Å². The normalized spacial score (nSPS) is 12.2. The van der Waals surface area contributed by atoms with Crippen molar-refractivity contribution >= 4 is 5.78 Å². The van der Waals surface area contributed by atoms with Crippen molar-refractivity contribution in [2.45, 2.75) is 13.8 Å². The summed E-state index contributed by atoms with van der Waals surface area (Å²) in [5.74, 6) is 0.428. The largest absolute Gasteiger partial charge is 0.465 e. The molecular formula is C11H14O2. The first-order chi connectivity index (χ1) is 6.17. The van der Waals surface area contributed by atoms with Crippen LogP contribution in [-0.2, 0) is 9.53 Å². The minimum absolute atomic E-state index is 0.0440. The third-order valence-electron chi connectivity index (χ3n) is 1.41. The fourth-order valence-corrected chi connectivity index (χ4v) is 0.908. The van der Waals surface area contributed by atoms with Gasteiger partial charge in [0.25, 0.3) is 0 Å². The molecule has 0 radical (unpaired) electrons. The highest BCUT2D eigenvalue weighted by molar-refractivity contribution is 5.97. The van der Waals surface area contributed by atoms with E-state index in [2.05, 4.69) is 13.2 Å². The number of carbonyl (C=O) groups is 1. The number of ether oxygens (including phenoxy) is 1. The van der Waals surface area contributed by atoms with Gasteiger partial charge in [0.05, 0.1) is 11.8 Å². The van der Waals surface area contributed by atoms with Crippen molar-refractivity contribution < 1.29 is 9.53 Å². The molecule has 0 N–H and O–H groups in total. The molecule has 0 saturated carbocycles. The van der Waals surface area contributed by atoms with Crippen molar-refractivity contribution in [3.63, 3.8) is 0 Å². The maximum atomic E-state index is 11.1. The first-order valence-corrected chi connectivity index (χ1v) is 3.95. The molecule has 0 aliphatic carbocycles. The molecule has 0 unspecified atom stereocenters. The highest BCUT2D eigenvalue weighted by Crippen LogP contribution is 2.13. The summed E-state index contributed by atoms with van der Waals surface area (Å²) in [5.41, 5.74) is 0.528. The molecule has 0 aliphatic heterocycles. The van der Waals surface area contributed by atoms with E-state index in [0.29, 0.717) is 11.3 Å². The first-order valence-electron chi connectivity index (χ1n) is 3.95. The van der Waals surface area contributed by atoms with Crippen molar-refractivity contribution in [3.8, 4) is 0 Å². The maximum absolute atomic E-state index is 11.1. The molecule has 0 aliphatic rings. The van der Waals surface area contributed by atoms with Gasteiger partial charge in [-0.2, -0.15) is 0 Å². The van der Waals surface area contributed by atoms with Gasteiger partial charge in [-0.3, -0.25) is 4.79 Å². The Morgan fingerprint density at radius 2 is 2.00 bits per heavy atom. The zero-order valence-electron chi connectivity index (χ0n) is 8.04. The molecule has 13 heavy (non-hydrogen) atoms. The van der Waals surface area contributed by atoms with E-state index >= 15 is 0 Å². The summed E-state index contributed by atoms with van der Waals surface area (Å²) in [5, 5.41) is 0. The molecule has 0 saturated heterocycles. The highest BCUT2D eigenvalue weighted by atomic mass is 16.5. The van der Waals surface area contributed by atoms with Crippen LogP contribution in [0.3, 0.4) is 0 Å². The fraction of sp³-hybridized carbons (Fsp3) is 0.182. The van der Waals surface area contributed by atoms with Gasteiger partial charge in [-0.15, -0.1) is 0 Å². The Bertz CT molecular complexity index is 270. The number of carbonyl (C=O) groups excluding carboxylic acids is 1. The lowest BCUT2D eigenvalue weighted by Crippen LogP contribution is -2.01. The van der Waals surface area contributed by atoms with Crippen LogP contribution in [0.2, 0.25) is 0 Å². The van der Waals surface area contributed by atoms with Crippen molar-refractivity contribution in [1.29, 1.82) is 0 Å². The van der Waals surface area contributed by atoms with Gasteiger partial charge in [-0.05, 0) is 19.9 Å². The molecule has 0 aromatic rings. The molecule has 0 fully saturated rings. The van der Waals surface area contributed by atoms with Gasteiger partial charge >= 0.3 is 0 Å². The number of hydrogen-bond acceptors (Lipinski definition) is 2. The highest BCUT2D eigenvalue weighted by Gasteiger charge is 2.08. The van der Waals surface area contributed by atoms with Gasteiger partial charge < -0.3 is 4.74 Å². The van der Waals surface area contributed by atoms with Gasteiger partial charge in [0.2, 0.25) is 0 Å². The van der Waals surface area contributed by atoms with Crippen LogP contribution < -0.4 is 0 Å². The minimum atomic E-state index is -0.0440. The van der Waals surface area contributed by atoms with E-state index in [0.717, 1.165) is 0 Å². The number of ketones is 1. The standard InChI is InChI=1S/C11H14O2/c1-5-8-11(13-7-3)10(6-2)9(4)12/h5-8H,1,3H2,2,4H3/b10-6-,11-8+. The first kappa shape index (κ1) is 11.4. The van der Waals surface area contributed by atoms with Crippen LogP contribution in [-0.4, -0.2) is 5.78 Å². The molecule has 0 bridgehead atoms. The second kappa shape index (κ2) is 6.00. The van der Waals surface area contributed by atoms with Gasteiger partial charge in [0.15, 0.2) is 5.78 Å². The molecule has 0 spiro atoms. The third kappa shape index (κ3) is 3.56. The molecule has 2 heteroatoms. The average Bonchev–Trinajstić information content (AvgIpc) is 2.05. The average molecular weight is 178 g/mol. The van der Waals surface area contributed by atoms with E-state index in [1.807, 2.05) is 0 Å². The monoisotopic (exact) mass is 178 g/mol. The smallest absolute Gasteiger partial charge is 0.163 e. The molecule has 2 nitrogen and oxygen atoms in total. The van der Waals surface area contributed by atoms with Gasteiger partial charge in [-0.25, -0.2) is 0 Å². The molecule has 0 heterocycles. The second-order valence-corrected chi connectivity index (χ2v) is 2.31. The van der Waals surface area contributed by atoms with Crippen molar-refractivity contribution in [3.05, 3.63) is 49.0 Å². The fourth-order valence-electron chi connectivity index (χ4n) is 0.908. The SMILES string of the molecule is C=C/C=C(OC=C)\C(=C/C)C(C)=O. The molecule has 0 aromatic carbocycles. The van der Waals surface area contributed by atoms with Crippen LogP contribution in [0.5, 0.6) is 0 Å². The quantitative estimate of drug-likeness (QED) is 0.367. The van der Waals surface area contributed by atoms with Crippen LogP contribution in [0.1, 0.15) is 13.8 Å². The molecule has 0 aromatic heterocycles. The van der Waals surface area contributed by atoms with Gasteiger partial charge in [0.1, 0.15) is 5.76 Å². The molecule has 0 atom stereocenters. The van der Waals surface area contributed by atoms with Crippen LogP contribution >= 0.6 is 0 Å². The number of allylic oxidation sites excluding steroid dienone is 4.